The summed E-state index contributed by atoms with van der Waals surface area (Å²) < 4.78 is 6.81. The Kier molecular flexibility index (Phi) is 2.89. The second kappa shape index (κ2) is 4.76. The highest BCUT2D eigenvalue weighted by atomic mass is 16.6. The van der Waals surface area contributed by atoms with Crippen molar-refractivity contribution in [3.05, 3.63) is 0 Å². The van der Waals surface area contributed by atoms with Crippen molar-refractivity contribution in [1.29, 1.82) is 0 Å². The number of nitrogens with zero attached hydrogens (tertiary/aromatic N) is 1. The molecule has 1 N–H and O–H groups in total. The molecule has 0 aromatic heterocycles. The molecule has 2 saturated heterocycles. The summed E-state index contributed by atoms with van der Waals surface area (Å²) in [4.78, 5) is 15.8. The number of hydrogen-bond donors (Lipinski definition) is 1. The van der Waals surface area contributed by atoms with Crippen LogP contribution in [-0.4, -0.2) is 39.9 Å². The summed E-state index contributed by atoms with van der Waals surface area (Å²) in [6.45, 7) is 0. The van der Waals surface area contributed by atoms with Crippen molar-refractivity contribution in [2.75, 3.05) is 0 Å². The van der Waals surface area contributed by atoms with E-state index in [0.717, 1.165) is 19.3 Å². The number of amides is 1. The van der Waals surface area contributed by atoms with E-state index in [-0.39, 0.29) is 23.7 Å². The Balaban J connectivity index is 1.48. The lowest BCUT2D eigenvalue weighted by Crippen LogP contribution is -2.59. The van der Waals surface area contributed by atoms with Crippen LogP contribution in [0.5, 0.6) is 0 Å². The first-order chi connectivity index (χ1) is 11.7. The summed E-state index contributed by atoms with van der Waals surface area (Å²) in [7, 11) is 0. The first-order valence-electron chi connectivity index (χ1n) is 10.4. The highest BCUT2D eigenvalue weighted by Gasteiger charge is 2.80. The molecule has 0 radical (unpaired) electrons. The van der Waals surface area contributed by atoms with Gasteiger partial charge in [0, 0.05) is 17.9 Å². The molecule has 2 aliphatic heterocycles. The fourth-order valence-electron chi connectivity index (χ4n) is 7.94. The van der Waals surface area contributed by atoms with Gasteiger partial charge in [-0.2, -0.15) is 0 Å². The molecule has 6 aliphatic rings. The normalized spacial score (nSPS) is 53.7. The molecule has 4 nitrogen and oxygen atoms in total. The van der Waals surface area contributed by atoms with Gasteiger partial charge in [-0.3, -0.25) is 4.79 Å². The van der Waals surface area contributed by atoms with Crippen LogP contribution >= 0.6 is 0 Å². The van der Waals surface area contributed by atoms with Crippen LogP contribution in [0.2, 0.25) is 0 Å². The van der Waals surface area contributed by atoms with Crippen LogP contribution in [-0.2, 0) is 9.53 Å². The van der Waals surface area contributed by atoms with Gasteiger partial charge in [-0.1, -0.05) is 32.1 Å². The summed E-state index contributed by atoms with van der Waals surface area (Å²) in [6, 6.07) is 0.396. The van der Waals surface area contributed by atoms with Gasteiger partial charge in [-0.25, -0.2) is 0 Å². The number of rotatable bonds is 2. The van der Waals surface area contributed by atoms with Crippen LogP contribution in [0.1, 0.15) is 64.2 Å². The Morgan fingerprint density at radius 1 is 1.00 bits per heavy atom. The first kappa shape index (κ1) is 14.5. The number of likely N-dealkylation sites (tertiary alicyclic amines) is 1. The Morgan fingerprint density at radius 3 is 2.46 bits per heavy atom. The zero-order chi connectivity index (χ0) is 16.1. The molecule has 132 valence electrons. The molecular weight excluding hydrogens is 302 g/mol. The van der Waals surface area contributed by atoms with E-state index in [1.54, 1.807) is 0 Å². The molecule has 2 heterocycles. The molecule has 7 unspecified atom stereocenters. The van der Waals surface area contributed by atoms with Gasteiger partial charge in [0.05, 0.1) is 18.1 Å². The fraction of sp³-hybridized carbons (Fsp3) is 0.950. The SMILES string of the molecule is O=C1C2C3CC4C(OC(C5CCCC5)(C42)N1C1CCCCC1)C3O. The standard InChI is InChI=1S/C20H29NO3/c22-17-13-10-14-16-15(13)19(23)21(12-8-2-1-3-9-12)20(16,24-18(14)17)11-6-4-5-7-11/h11-18,22H,1-10H2. The van der Waals surface area contributed by atoms with Gasteiger partial charge in [0.2, 0.25) is 5.91 Å². The van der Waals surface area contributed by atoms with Gasteiger partial charge < -0.3 is 14.7 Å². The van der Waals surface area contributed by atoms with Crippen molar-refractivity contribution in [3.8, 4) is 0 Å². The molecule has 0 aromatic carbocycles. The van der Waals surface area contributed by atoms with E-state index in [2.05, 4.69) is 4.90 Å². The summed E-state index contributed by atoms with van der Waals surface area (Å²) in [5.74, 6) is 1.92. The average molecular weight is 331 g/mol. The second-order valence-corrected chi connectivity index (χ2v) is 9.42. The van der Waals surface area contributed by atoms with E-state index in [4.69, 9.17) is 4.74 Å². The summed E-state index contributed by atoms with van der Waals surface area (Å²) >= 11 is 0. The predicted molar refractivity (Wildman–Crippen MR) is 87.9 cm³/mol. The zero-order valence-corrected chi connectivity index (χ0v) is 14.4. The molecule has 0 aromatic rings. The Hall–Kier alpha value is -0.610. The zero-order valence-electron chi connectivity index (χ0n) is 14.4. The van der Waals surface area contributed by atoms with Crippen LogP contribution in [0.4, 0.5) is 0 Å². The molecule has 4 aliphatic carbocycles. The number of ether oxygens (including phenoxy) is 1. The minimum Gasteiger partial charge on any atom is -0.390 e. The number of hydrogen-bond acceptors (Lipinski definition) is 3. The Labute approximate surface area is 143 Å². The largest absolute Gasteiger partial charge is 0.390 e. The van der Waals surface area contributed by atoms with Crippen LogP contribution in [0.25, 0.3) is 0 Å². The molecular formula is C20H29NO3. The first-order valence-corrected chi connectivity index (χ1v) is 10.4. The minimum atomic E-state index is -0.392. The average Bonchev–Trinajstić information content (AvgIpc) is 3.35. The van der Waals surface area contributed by atoms with Crippen molar-refractivity contribution in [2.45, 2.75) is 88.2 Å². The number of fused-ring (bicyclic) bond motifs is 2. The lowest BCUT2D eigenvalue weighted by molar-refractivity contribution is -0.207. The molecule has 0 spiro atoms. The Morgan fingerprint density at radius 2 is 1.71 bits per heavy atom. The van der Waals surface area contributed by atoms with Crippen molar-refractivity contribution in [3.63, 3.8) is 0 Å². The predicted octanol–water partition coefficient (Wildman–Crippen LogP) is 2.69. The molecule has 1 amide bonds. The molecule has 2 bridgehead atoms. The van der Waals surface area contributed by atoms with Crippen molar-refractivity contribution >= 4 is 5.91 Å². The Bertz CT molecular complexity index is 567. The fourth-order valence-corrected chi connectivity index (χ4v) is 7.94. The van der Waals surface area contributed by atoms with Gasteiger partial charge in [0.1, 0.15) is 0 Å². The van der Waals surface area contributed by atoms with E-state index in [1.807, 2.05) is 0 Å². The van der Waals surface area contributed by atoms with E-state index < -0.39 is 6.10 Å². The van der Waals surface area contributed by atoms with Gasteiger partial charge in [0.25, 0.3) is 0 Å². The third kappa shape index (κ3) is 1.48. The van der Waals surface area contributed by atoms with Gasteiger partial charge in [0.15, 0.2) is 5.72 Å². The lowest BCUT2D eigenvalue weighted by atomic mass is 9.73. The third-order valence-electron chi connectivity index (χ3n) is 8.63. The molecule has 7 atom stereocenters. The smallest absolute Gasteiger partial charge is 0.229 e. The summed E-state index contributed by atoms with van der Waals surface area (Å²) in [6.07, 6.45) is 11.8. The van der Waals surface area contributed by atoms with Crippen LogP contribution in [0.3, 0.4) is 0 Å². The summed E-state index contributed by atoms with van der Waals surface area (Å²) in [5, 5.41) is 10.7. The molecule has 4 saturated carbocycles. The lowest BCUT2D eigenvalue weighted by Gasteiger charge is -2.48. The number of aliphatic hydroxyl groups excluding tert-OH is 1. The molecule has 4 heteroatoms. The van der Waals surface area contributed by atoms with Gasteiger partial charge in [-0.05, 0) is 43.9 Å². The van der Waals surface area contributed by atoms with E-state index in [0.29, 0.717) is 29.7 Å². The number of carbonyl (C=O) groups is 1. The molecule has 6 fully saturated rings. The maximum absolute atomic E-state index is 13.6. The van der Waals surface area contributed by atoms with Crippen molar-refractivity contribution < 1.29 is 14.6 Å². The van der Waals surface area contributed by atoms with E-state index in [1.165, 1.54) is 44.9 Å². The maximum atomic E-state index is 13.6. The maximum Gasteiger partial charge on any atom is 0.229 e. The van der Waals surface area contributed by atoms with Gasteiger partial charge >= 0.3 is 0 Å². The number of aliphatic hydroxyl groups is 1. The van der Waals surface area contributed by atoms with Crippen LogP contribution in [0, 0.1) is 29.6 Å². The molecule has 24 heavy (non-hydrogen) atoms. The monoisotopic (exact) mass is 331 g/mol. The van der Waals surface area contributed by atoms with Crippen molar-refractivity contribution in [2.24, 2.45) is 29.6 Å². The van der Waals surface area contributed by atoms with Crippen LogP contribution in [0.15, 0.2) is 0 Å². The quantitative estimate of drug-likeness (QED) is 0.846. The topological polar surface area (TPSA) is 49.8 Å². The highest BCUT2D eigenvalue weighted by Crippen LogP contribution is 2.70. The number of carbonyl (C=O) groups excluding carboxylic acids is 1. The van der Waals surface area contributed by atoms with Crippen LogP contribution < -0.4 is 0 Å². The molecule has 6 rings (SSSR count). The van der Waals surface area contributed by atoms with Crippen molar-refractivity contribution in [1.82, 2.24) is 4.90 Å². The highest BCUT2D eigenvalue weighted by molar-refractivity contribution is 5.85. The van der Waals surface area contributed by atoms with Gasteiger partial charge in [-0.15, -0.1) is 0 Å². The minimum absolute atomic E-state index is 0.0102. The van der Waals surface area contributed by atoms with E-state index in [9.17, 15) is 9.90 Å². The summed E-state index contributed by atoms with van der Waals surface area (Å²) in [5.41, 5.74) is -0.345. The second-order valence-electron chi connectivity index (χ2n) is 9.42. The van der Waals surface area contributed by atoms with E-state index >= 15 is 0 Å². The third-order valence-corrected chi connectivity index (χ3v) is 8.63.